The molecule has 3 heterocycles. The SMILES string of the molecule is CC(C)n1c(=O)c2cnc(Nc3ccc4c(c3)CCNC4)nc2n1-c1ccc(F)c(C(C)(C)C#N)c1. The van der Waals surface area contributed by atoms with Crippen LogP contribution in [0.5, 0.6) is 0 Å². The molecule has 4 aromatic rings. The number of nitriles is 1. The number of nitrogens with one attached hydrogen (secondary N) is 2. The molecular weight excluding hydrogens is 457 g/mol. The molecule has 184 valence electrons. The molecule has 0 amide bonds. The first-order valence-corrected chi connectivity index (χ1v) is 12.0. The fourth-order valence-corrected chi connectivity index (χ4v) is 4.64. The third kappa shape index (κ3) is 4.03. The monoisotopic (exact) mass is 485 g/mol. The molecule has 0 fully saturated rings. The topological polar surface area (TPSA) is 101 Å². The lowest BCUT2D eigenvalue weighted by Gasteiger charge is -2.20. The average Bonchev–Trinajstić information content (AvgIpc) is 3.16. The maximum absolute atomic E-state index is 14.7. The molecular formula is C27H28FN7O. The van der Waals surface area contributed by atoms with Gasteiger partial charge in [-0.2, -0.15) is 10.2 Å². The van der Waals surface area contributed by atoms with Crippen molar-refractivity contribution in [1.82, 2.24) is 24.6 Å². The minimum absolute atomic E-state index is 0.199. The summed E-state index contributed by atoms with van der Waals surface area (Å²) in [6.07, 6.45) is 2.47. The Morgan fingerprint density at radius 3 is 2.75 bits per heavy atom. The van der Waals surface area contributed by atoms with E-state index in [1.54, 1.807) is 35.3 Å². The molecule has 8 nitrogen and oxygen atoms in total. The molecule has 2 N–H and O–H groups in total. The van der Waals surface area contributed by atoms with Crippen LogP contribution in [-0.2, 0) is 18.4 Å². The number of hydrogen-bond donors (Lipinski definition) is 2. The van der Waals surface area contributed by atoms with Gasteiger partial charge in [0.1, 0.15) is 11.2 Å². The highest BCUT2D eigenvalue weighted by Gasteiger charge is 2.26. The zero-order valence-electron chi connectivity index (χ0n) is 20.8. The number of benzene rings is 2. The molecule has 2 aromatic heterocycles. The molecule has 9 heteroatoms. The Bertz CT molecular complexity index is 1580. The first-order chi connectivity index (χ1) is 17.2. The molecule has 0 aliphatic carbocycles. The van der Waals surface area contributed by atoms with Crippen LogP contribution in [0.2, 0.25) is 0 Å². The Balaban J connectivity index is 1.65. The van der Waals surface area contributed by atoms with Crippen molar-refractivity contribution in [3.8, 4) is 11.8 Å². The molecule has 0 saturated heterocycles. The Morgan fingerprint density at radius 2 is 2.00 bits per heavy atom. The number of halogens is 1. The summed E-state index contributed by atoms with van der Waals surface area (Å²) in [5.41, 5.74) is 3.34. The number of anilines is 2. The van der Waals surface area contributed by atoms with E-state index in [-0.39, 0.29) is 17.2 Å². The van der Waals surface area contributed by atoms with Crippen LogP contribution in [0, 0.1) is 17.1 Å². The smallest absolute Gasteiger partial charge is 0.278 e. The third-order valence-corrected chi connectivity index (χ3v) is 6.61. The highest BCUT2D eigenvalue weighted by atomic mass is 19.1. The normalized spacial score (nSPS) is 13.6. The van der Waals surface area contributed by atoms with Crippen LogP contribution in [0.25, 0.3) is 16.7 Å². The molecule has 0 atom stereocenters. The second-order valence-electron chi connectivity index (χ2n) is 9.92. The van der Waals surface area contributed by atoms with Gasteiger partial charge < -0.3 is 10.6 Å². The molecule has 0 spiro atoms. The van der Waals surface area contributed by atoms with E-state index in [9.17, 15) is 14.4 Å². The van der Waals surface area contributed by atoms with Gasteiger partial charge in [-0.15, -0.1) is 0 Å². The van der Waals surface area contributed by atoms with Gasteiger partial charge in [0.2, 0.25) is 5.95 Å². The van der Waals surface area contributed by atoms with Gasteiger partial charge in [0.05, 0.1) is 17.2 Å². The van der Waals surface area contributed by atoms with Crippen LogP contribution in [0.1, 0.15) is 50.4 Å². The summed E-state index contributed by atoms with van der Waals surface area (Å²) in [6, 6.07) is 12.7. The van der Waals surface area contributed by atoms with Gasteiger partial charge in [-0.05, 0) is 82.1 Å². The summed E-state index contributed by atoms with van der Waals surface area (Å²) in [6.45, 7) is 8.92. The van der Waals surface area contributed by atoms with E-state index in [0.29, 0.717) is 22.7 Å². The quantitative estimate of drug-likeness (QED) is 0.432. The minimum atomic E-state index is -1.05. The average molecular weight is 486 g/mol. The van der Waals surface area contributed by atoms with Crippen LogP contribution in [0.15, 0.2) is 47.4 Å². The van der Waals surface area contributed by atoms with Crippen LogP contribution < -0.4 is 16.2 Å². The van der Waals surface area contributed by atoms with Gasteiger partial charge in [0.15, 0.2) is 5.65 Å². The zero-order valence-corrected chi connectivity index (χ0v) is 20.8. The predicted octanol–water partition coefficient (Wildman–Crippen LogP) is 4.49. The summed E-state index contributed by atoms with van der Waals surface area (Å²) in [5, 5.41) is 16.6. The Kier molecular flexibility index (Phi) is 5.85. The van der Waals surface area contributed by atoms with E-state index in [2.05, 4.69) is 33.8 Å². The van der Waals surface area contributed by atoms with Crippen molar-refractivity contribution < 1.29 is 4.39 Å². The highest BCUT2D eigenvalue weighted by Crippen LogP contribution is 2.29. The number of rotatable bonds is 5. The van der Waals surface area contributed by atoms with Crippen molar-refractivity contribution in [2.24, 2.45) is 0 Å². The minimum Gasteiger partial charge on any atom is -0.324 e. The van der Waals surface area contributed by atoms with E-state index in [4.69, 9.17) is 4.98 Å². The number of aromatic nitrogens is 4. The van der Waals surface area contributed by atoms with Crippen molar-refractivity contribution >= 4 is 22.7 Å². The molecule has 0 radical (unpaired) electrons. The summed E-state index contributed by atoms with van der Waals surface area (Å²) in [5.74, 6) is -0.120. The van der Waals surface area contributed by atoms with Gasteiger partial charge in [0.25, 0.3) is 5.56 Å². The fraction of sp³-hybridized carbons (Fsp3) is 0.333. The van der Waals surface area contributed by atoms with Crippen molar-refractivity contribution in [1.29, 1.82) is 5.26 Å². The largest absolute Gasteiger partial charge is 0.324 e. The van der Waals surface area contributed by atoms with E-state index in [1.165, 1.54) is 23.4 Å². The van der Waals surface area contributed by atoms with Crippen LogP contribution in [0.4, 0.5) is 16.0 Å². The van der Waals surface area contributed by atoms with E-state index in [0.717, 1.165) is 25.2 Å². The molecule has 0 saturated carbocycles. The summed E-state index contributed by atoms with van der Waals surface area (Å²) in [7, 11) is 0. The maximum Gasteiger partial charge on any atom is 0.278 e. The lowest BCUT2D eigenvalue weighted by atomic mass is 9.86. The van der Waals surface area contributed by atoms with Gasteiger partial charge >= 0.3 is 0 Å². The molecule has 5 rings (SSSR count). The standard InChI is InChI=1S/C27H28FN7O/c1-16(2)34-25(36)21-14-31-26(32-19-6-5-18-13-30-10-9-17(18)11-19)33-24(21)35(34)20-7-8-23(28)22(12-20)27(3,4)15-29/h5-8,11-12,14,16,30H,9-10,13H2,1-4H3,(H,31,32,33). The molecule has 36 heavy (non-hydrogen) atoms. The molecule has 1 aliphatic rings. The lowest BCUT2D eigenvalue weighted by Crippen LogP contribution is -2.25. The van der Waals surface area contributed by atoms with Crippen molar-refractivity contribution in [3.05, 3.63) is 75.5 Å². The molecule has 0 bridgehead atoms. The zero-order chi connectivity index (χ0) is 25.6. The molecule has 2 aromatic carbocycles. The fourth-order valence-electron chi connectivity index (χ4n) is 4.64. The van der Waals surface area contributed by atoms with E-state index >= 15 is 0 Å². The summed E-state index contributed by atoms with van der Waals surface area (Å²) >= 11 is 0. The van der Waals surface area contributed by atoms with Crippen LogP contribution in [0.3, 0.4) is 0 Å². The van der Waals surface area contributed by atoms with E-state index in [1.807, 2.05) is 19.9 Å². The lowest BCUT2D eigenvalue weighted by molar-refractivity contribution is 0.474. The van der Waals surface area contributed by atoms with Crippen molar-refractivity contribution in [3.63, 3.8) is 0 Å². The summed E-state index contributed by atoms with van der Waals surface area (Å²) < 4.78 is 18.0. The van der Waals surface area contributed by atoms with Crippen molar-refractivity contribution in [2.45, 2.75) is 52.1 Å². The summed E-state index contributed by atoms with van der Waals surface area (Å²) in [4.78, 5) is 22.4. The number of hydrogen-bond acceptors (Lipinski definition) is 6. The molecule has 1 aliphatic heterocycles. The van der Waals surface area contributed by atoms with Gasteiger partial charge in [-0.3, -0.25) is 4.79 Å². The number of fused-ring (bicyclic) bond motifs is 2. The first kappa shape index (κ1) is 23.7. The highest BCUT2D eigenvalue weighted by molar-refractivity contribution is 5.77. The number of nitrogens with zero attached hydrogens (tertiary/aromatic N) is 5. The van der Waals surface area contributed by atoms with Gasteiger partial charge in [0, 0.05) is 30.0 Å². The third-order valence-electron chi connectivity index (χ3n) is 6.61. The van der Waals surface area contributed by atoms with Crippen molar-refractivity contribution in [2.75, 3.05) is 11.9 Å². The Hall–Kier alpha value is -4.03. The second-order valence-corrected chi connectivity index (χ2v) is 9.92. The molecule has 0 unspecified atom stereocenters. The Labute approximate surface area is 208 Å². The van der Waals surface area contributed by atoms with Gasteiger partial charge in [-0.25, -0.2) is 18.7 Å². The first-order valence-electron chi connectivity index (χ1n) is 12.0. The van der Waals surface area contributed by atoms with Crippen LogP contribution >= 0.6 is 0 Å². The second kappa shape index (κ2) is 8.88. The maximum atomic E-state index is 14.7. The van der Waals surface area contributed by atoms with Gasteiger partial charge in [-0.1, -0.05) is 6.07 Å². The van der Waals surface area contributed by atoms with E-state index < -0.39 is 11.2 Å². The Morgan fingerprint density at radius 1 is 1.19 bits per heavy atom. The van der Waals surface area contributed by atoms with Crippen LogP contribution in [-0.4, -0.2) is 25.9 Å². The predicted molar refractivity (Wildman–Crippen MR) is 137 cm³/mol.